The Morgan fingerprint density at radius 2 is 1.83 bits per heavy atom. The van der Waals surface area contributed by atoms with Gasteiger partial charge < -0.3 is 19.7 Å². The van der Waals surface area contributed by atoms with Gasteiger partial charge in [0, 0.05) is 12.6 Å². The lowest BCUT2D eigenvalue weighted by molar-refractivity contribution is -0.123. The zero-order valence-electron chi connectivity index (χ0n) is 14.4. The first-order chi connectivity index (χ1) is 11.1. The van der Waals surface area contributed by atoms with Gasteiger partial charge in [-0.2, -0.15) is 0 Å². The van der Waals surface area contributed by atoms with Crippen molar-refractivity contribution < 1.29 is 14.3 Å². The van der Waals surface area contributed by atoms with Crippen molar-refractivity contribution >= 4 is 5.91 Å². The molecule has 0 bridgehead atoms. The van der Waals surface area contributed by atoms with Crippen LogP contribution in [0, 0.1) is 5.92 Å². The molecule has 23 heavy (non-hydrogen) atoms. The number of piperidine rings is 1. The van der Waals surface area contributed by atoms with Crippen LogP contribution in [-0.2, 0) is 4.79 Å². The van der Waals surface area contributed by atoms with Gasteiger partial charge in [-0.05, 0) is 70.0 Å². The predicted octanol–water partition coefficient (Wildman–Crippen LogP) is 2.31. The summed E-state index contributed by atoms with van der Waals surface area (Å²) < 4.78 is 10.6. The number of carbonyl (C=O) groups excluding carboxylic acids is 1. The smallest absolute Gasteiger partial charge is 0.257 e. The third-order valence-electron chi connectivity index (χ3n) is 4.40. The minimum Gasteiger partial charge on any atom is -0.497 e. The average Bonchev–Trinajstić information content (AvgIpc) is 2.59. The van der Waals surface area contributed by atoms with Crippen molar-refractivity contribution in [1.82, 2.24) is 10.2 Å². The summed E-state index contributed by atoms with van der Waals surface area (Å²) in [5.41, 5.74) is 0. The standard InChI is InChI=1S/C18H28N2O3/c1-14(2)20-10-8-15(9-11-20)12-19-18(21)13-23-17-6-4-16(22-3)5-7-17/h4-7,14-15H,8-13H2,1-3H3,(H,19,21). The summed E-state index contributed by atoms with van der Waals surface area (Å²) in [6.07, 6.45) is 2.30. The highest BCUT2D eigenvalue weighted by atomic mass is 16.5. The summed E-state index contributed by atoms with van der Waals surface area (Å²) in [6.45, 7) is 7.52. The number of rotatable bonds is 7. The number of nitrogens with zero attached hydrogens (tertiary/aromatic N) is 1. The molecule has 1 aliphatic rings. The number of hydrogen-bond donors (Lipinski definition) is 1. The maximum Gasteiger partial charge on any atom is 0.257 e. The van der Waals surface area contributed by atoms with Crippen LogP contribution in [0.25, 0.3) is 0 Å². The summed E-state index contributed by atoms with van der Waals surface area (Å²) in [5.74, 6) is 1.96. The van der Waals surface area contributed by atoms with Crippen LogP contribution in [0.4, 0.5) is 0 Å². The van der Waals surface area contributed by atoms with Gasteiger partial charge >= 0.3 is 0 Å². The lowest BCUT2D eigenvalue weighted by Gasteiger charge is -2.34. The monoisotopic (exact) mass is 320 g/mol. The highest BCUT2D eigenvalue weighted by Gasteiger charge is 2.21. The van der Waals surface area contributed by atoms with Crippen molar-refractivity contribution in [2.75, 3.05) is 33.4 Å². The van der Waals surface area contributed by atoms with E-state index in [1.807, 2.05) is 12.1 Å². The fourth-order valence-corrected chi connectivity index (χ4v) is 2.80. The second-order valence-electron chi connectivity index (χ2n) is 6.34. The molecule has 1 amide bonds. The lowest BCUT2D eigenvalue weighted by atomic mass is 9.96. The molecule has 0 spiro atoms. The molecule has 5 nitrogen and oxygen atoms in total. The van der Waals surface area contributed by atoms with Gasteiger partial charge in [-0.25, -0.2) is 0 Å². The van der Waals surface area contributed by atoms with Crippen LogP contribution in [0.5, 0.6) is 11.5 Å². The Morgan fingerprint density at radius 1 is 1.22 bits per heavy atom. The highest BCUT2D eigenvalue weighted by Crippen LogP contribution is 2.18. The Hall–Kier alpha value is -1.75. The van der Waals surface area contributed by atoms with Crippen LogP contribution in [0.15, 0.2) is 24.3 Å². The number of methoxy groups -OCH3 is 1. The minimum absolute atomic E-state index is 0.0527. The summed E-state index contributed by atoms with van der Waals surface area (Å²) in [7, 11) is 1.62. The molecule has 1 N–H and O–H groups in total. The van der Waals surface area contributed by atoms with E-state index in [2.05, 4.69) is 24.1 Å². The van der Waals surface area contributed by atoms with Gasteiger partial charge in [0.05, 0.1) is 7.11 Å². The molecule has 0 saturated carbocycles. The number of likely N-dealkylation sites (tertiary alicyclic amines) is 1. The molecular formula is C18H28N2O3. The number of hydrogen-bond acceptors (Lipinski definition) is 4. The fourth-order valence-electron chi connectivity index (χ4n) is 2.80. The predicted molar refractivity (Wildman–Crippen MR) is 90.9 cm³/mol. The minimum atomic E-state index is -0.0629. The van der Waals surface area contributed by atoms with Crippen LogP contribution in [0.1, 0.15) is 26.7 Å². The maximum atomic E-state index is 11.9. The van der Waals surface area contributed by atoms with Crippen LogP contribution >= 0.6 is 0 Å². The van der Waals surface area contributed by atoms with Crippen LogP contribution in [0.3, 0.4) is 0 Å². The Balaban J connectivity index is 1.63. The molecule has 0 aromatic heterocycles. The zero-order chi connectivity index (χ0) is 16.7. The quantitative estimate of drug-likeness (QED) is 0.837. The van der Waals surface area contributed by atoms with Crippen molar-refractivity contribution in [2.45, 2.75) is 32.7 Å². The topological polar surface area (TPSA) is 50.8 Å². The van der Waals surface area contributed by atoms with Crippen LogP contribution < -0.4 is 14.8 Å². The van der Waals surface area contributed by atoms with E-state index in [4.69, 9.17) is 9.47 Å². The van der Waals surface area contributed by atoms with E-state index in [1.54, 1.807) is 19.2 Å². The molecule has 2 rings (SSSR count). The van der Waals surface area contributed by atoms with Gasteiger partial charge in [-0.1, -0.05) is 0 Å². The maximum absolute atomic E-state index is 11.9. The Kier molecular flexibility index (Phi) is 6.71. The summed E-state index contributed by atoms with van der Waals surface area (Å²) in [5, 5.41) is 2.98. The Bertz CT molecular complexity index is 480. The molecular weight excluding hydrogens is 292 g/mol. The Labute approximate surface area is 139 Å². The van der Waals surface area contributed by atoms with Crippen molar-refractivity contribution in [3.05, 3.63) is 24.3 Å². The van der Waals surface area contributed by atoms with E-state index in [9.17, 15) is 4.79 Å². The van der Waals surface area contributed by atoms with Crippen molar-refractivity contribution in [1.29, 1.82) is 0 Å². The summed E-state index contributed by atoms with van der Waals surface area (Å²) >= 11 is 0. The highest BCUT2D eigenvalue weighted by molar-refractivity contribution is 5.77. The van der Waals surface area contributed by atoms with Gasteiger partial charge in [0.2, 0.25) is 0 Å². The van der Waals surface area contributed by atoms with E-state index in [1.165, 1.54) is 0 Å². The number of amides is 1. The molecule has 1 aromatic carbocycles. The zero-order valence-corrected chi connectivity index (χ0v) is 14.4. The SMILES string of the molecule is COc1ccc(OCC(=O)NCC2CCN(C(C)C)CC2)cc1. The second kappa shape index (κ2) is 8.77. The average molecular weight is 320 g/mol. The van der Waals surface area contributed by atoms with Crippen molar-refractivity contribution in [3.63, 3.8) is 0 Å². The van der Waals surface area contributed by atoms with E-state index >= 15 is 0 Å². The number of ether oxygens (including phenoxy) is 2. The molecule has 128 valence electrons. The first kappa shape index (κ1) is 17.6. The van der Waals surface area contributed by atoms with Crippen LogP contribution in [-0.4, -0.2) is 50.2 Å². The molecule has 0 atom stereocenters. The summed E-state index contributed by atoms with van der Waals surface area (Å²) in [6, 6.07) is 7.84. The summed E-state index contributed by atoms with van der Waals surface area (Å²) in [4.78, 5) is 14.4. The van der Waals surface area contributed by atoms with E-state index in [0.29, 0.717) is 17.7 Å². The largest absolute Gasteiger partial charge is 0.497 e. The number of carbonyl (C=O) groups is 1. The van der Waals surface area contributed by atoms with E-state index < -0.39 is 0 Å². The Morgan fingerprint density at radius 3 is 2.39 bits per heavy atom. The number of benzene rings is 1. The lowest BCUT2D eigenvalue weighted by Crippen LogP contribution is -2.42. The molecule has 5 heteroatoms. The first-order valence-electron chi connectivity index (χ1n) is 8.36. The molecule has 0 unspecified atom stereocenters. The van der Waals surface area contributed by atoms with Gasteiger partial charge in [-0.3, -0.25) is 4.79 Å². The fraction of sp³-hybridized carbons (Fsp3) is 0.611. The second-order valence-corrected chi connectivity index (χ2v) is 6.34. The molecule has 0 aliphatic carbocycles. The normalized spacial score (nSPS) is 16.3. The first-order valence-corrected chi connectivity index (χ1v) is 8.36. The van der Waals surface area contributed by atoms with Gasteiger partial charge in [-0.15, -0.1) is 0 Å². The van der Waals surface area contributed by atoms with E-state index in [0.717, 1.165) is 38.2 Å². The van der Waals surface area contributed by atoms with Gasteiger partial charge in [0.15, 0.2) is 6.61 Å². The molecule has 1 heterocycles. The third kappa shape index (κ3) is 5.75. The van der Waals surface area contributed by atoms with Gasteiger partial charge in [0.1, 0.15) is 11.5 Å². The van der Waals surface area contributed by atoms with Crippen LogP contribution in [0.2, 0.25) is 0 Å². The molecule has 1 saturated heterocycles. The van der Waals surface area contributed by atoms with Crippen molar-refractivity contribution in [2.24, 2.45) is 5.92 Å². The molecule has 0 radical (unpaired) electrons. The molecule has 1 aliphatic heterocycles. The third-order valence-corrected chi connectivity index (χ3v) is 4.40. The van der Waals surface area contributed by atoms with Gasteiger partial charge in [0.25, 0.3) is 5.91 Å². The molecule has 1 fully saturated rings. The number of nitrogens with one attached hydrogen (secondary N) is 1. The van der Waals surface area contributed by atoms with Crippen molar-refractivity contribution in [3.8, 4) is 11.5 Å². The van der Waals surface area contributed by atoms with E-state index in [-0.39, 0.29) is 12.5 Å². The molecule has 1 aromatic rings.